The van der Waals surface area contributed by atoms with Crippen molar-refractivity contribution in [1.82, 2.24) is 30.2 Å². The molecule has 2 N–H and O–H groups in total. The van der Waals surface area contributed by atoms with Crippen molar-refractivity contribution < 1.29 is 4.79 Å². The van der Waals surface area contributed by atoms with Crippen molar-refractivity contribution in [3.63, 3.8) is 0 Å². The largest absolute Gasteiger partial charge is 0.343 e. The van der Waals surface area contributed by atoms with Gasteiger partial charge in [0.25, 0.3) is 11.5 Å². The molecule has 164 valence electrons. The van der Waals surface area contributed by atoms with Crippen LogP contribution in [0.1, 0.15) is 33.9 Å². The number of aryl methyl sites for hydroxylation is 1. The summed E-state index contributed by atoms with van der Waals surface area (Å²) in [5, 5.41) is 14.5. The molecule has 3 heterocycles. The Kier molecular flexibility index (Phi) is 6.29. The van der Waals surface area contributed by atoms with E-state index in [2.05, 4.69) is 39.0 Å². The van der Waals surface area contributed by atoms with Crippen molar-refractivity contribution >= 4 is 17.2 Å². The molecule has 0 aliphatic rings. The molecule has 1 amide bonds. The monoisotopic (exact) mass is 448 g/mol. The predicted molar refractivity (Wildman–Crippen MR) is 125 cm³/mol. The van der Waals surface area contributed by atoms with Crippen LogP contribution in [-0.2, 0) is 13.6 Å². The molecule has 9 heteroatoms. The molecular formula is C23H24N6O2S. The lowest BCUT2D eigenvalue weighted by Crippen LogP contribution is -2.30. The topological polar surface area (TPSA) is 93.8 Å². The zero-order chi connectivity index (χ0) is 22.7. The first-order valence-electron chi connectivity index (χ1n) is 10.2. The number of benzene rings is 1. The van der Waals surface area contributed by atoms with Gasteiger partial charge in [0, 0.05) is 29.4 Å². The van der Waals surface area contributed by atoms with Crippen LogP contribution in [0.2, 0.25) is 0 Å². The first-order chi connectivity index (χ1) is 15.5. The highest BCUT2D eigenvalue weighted by Crippen LogP contribution is 2.33. The van der Waals surface area contributed by atoms with E-state index in [9.17, 15) is 9.59 Å². The average molecular weight is 449 g/mol. The van der Waals surface area contributed by atoms with Gasteiger partial charge in [-0.15, -0.1) is 11.3 Å². The van der Waals surface area contributed by atoms with Gasteiger partial charge in [-0.05, 0) is 43.3 Å². The molecule has 0 unspecified atom stereocenters. The van der Waals surface area contributed by atoms with Crippen LogP contribution in [-0.4, -0.2) is 32.5 Å². The molecule has 0 fully saturated rings. The van der Waals surface area contributed by atoms with E-state index in [1.54, 1.807) is 29.3 Å². The Balaban J connectivity index is 1.52. The minimum Gasteiger partial charge on any atom is -0.343 e. The summed E-state index contributed by atoms with van der Waals surface area (Å²) >= 11 is 1.65. The number of aromatic nitrogens is 4. The van der Waals surface area contributed by atoms with Gasteiger partial charge in [0.1, 0.15) is 11.4 Å². The smallest absolute Gasteiger partial charge is 0.272 e. The second-order valence-corrected chi connectivity index (χ2v) is 8.54. The van der Waals surface area contributed by atoms with Crippen LogP contribution < -0.4 is 16.2 Å². The van der Waals surface area contributed by atoms with E-state index in [0.717, 1.165) is 16.3 Å². The fourth-order valence-electron chi connectivity index (χ4n) is 3.41. The minimum absolute atomic E-state index is 0.163. The first kappa shape index (κ1) is 21.7. The molecule has 3 aromatic heterocycles. The van der Waals surface area contributed by atoms with Gasteiger partial charge in [0.15, 0.2) is 0 Å². The second kappa shape index (κ2) is 9.29. The summed E-state index contributed by atoms with van der Waals surface area (Å²) in [5.41, 5.74) is 2.74. The highest BCUT2D eigenvalue weighted by Gasteiger charge is 2.17. The van der Waals surface area contributed by atoms with Crippen LogP contribution in [0.4, 0.5) is 0 Å². The zero-order valence-corrected chi connectivity index (χ0v) is 18.9. The summed E-state index contributed by atoms with van der Waals surface area (Å²) in [6, 6.07) is 15.0. The molecule has 0 aliphatic carbocycles. The molecular weight excluding hydrogens is 424 g/mol. The number of carbonyl (C=O) groups is 1. The van der Waals surface area contributed by atoms with Crippen molar-refractivity contribution in [3.05, 3.63) is 87.4 Å². The van der Waals surface area contributed by atoms with Crippen molar-refractivity contribution in [2.45, 2.75) is 19.5 Å². The lowest BCUT2D eigenvalue weighted by molar-refractivity contribution is 0.0933. The Hall–Kier alpha value is -3.56. The Morgan fingerprint density at radius 1 is 1.16 bits per heavy atom. The summed E-state index contributed by atoms with van der Waals surface area (Å²) in [5.74, 6) is -0.347. The van der Waals surface area contributed by atoms with Crippen LogP contribution in [0.25, 0.3) is 16.1 Å². The van der Waals surface area contributed by atoms with Crippen molar-refractivity contribution in [2.24, 2.45) is 7.05 Å². The molecule has 1 aromatic carbocycles. The van der Waals surface area contributed by atoms with E-state index in [4.69, 9.17) is 0 Å². The molecule has 4 rings (SSSR count). The van der Waals surface area contributed by atoms with Gasteiger partial charge in [0.2, 0.25) is 0 Å². The number of nitrogens with one attached hydrogen (secondary N) is 2. The van der Waals surface area contributed by atoms with E-state index < -0.39 is 0 Å². The van der Waals surface area contributed by atoms with Gasteiger partial charge < -0.3 is 10.6 Å². The maximum atomic E-state index is 12.8. The van der Waals surface area contributed by atoms with Crippen LogP contribution in [0.5, 0.6) is 0 Å². The second-order valence-electron chi connectivity index (χ2n) is 7.43. The molecule has 0 radical (unpaired) electrons. The summed E-state index contributed by atoms with van der Waals surface area (Å²) in [7, 11) is 3.68. The molecule has 0 spiro atoms. The highest BCUT2D eigenvalue weighted by atomic mass is 32.1. The number of thiophene rings is 1. The Labute approximate surface area is 189 Å². The third kappa shape index (κ3) is 4.53. The first-order valence-corrected chi connectivity index (χ1v) is 11.0. The maximum Gasteiger partial charge on any atom is 0.272 e. The van der Waals surface area contributed by atoms with Crippen LogP contribution in [0, 0.1) is 0 Å². The number of rotatable bonds is 7. The summed E-state index contributed by atoms with van der Waals surface area (Å²) in [6.45, 7) is 2.72. The van der Waals surface area contributed by atoms with E-state index in [0.29, 0.717) is 5.69 Å². The zero-order valence-electron chi connectivity index (χ0n) is 18.1. The summed E-state index contributed by atoms with van der Waals surface area (Å²) < 4.78 is 2.75. The third-order valence-corrected chi connectivity index (χ3v) is 6.32. The normalized spacial score (nSPS) is 12.0. The van der Waals surface area contributed by atoms with Crippen molar-refractivity contribution in [3.8, 4) is 16.1 Å². The van der Waals surface area contributed by atoms with Crippen molar-refractivity contribution in [2.75, 3.05) is 7.05 Å². The van der Waals surface area contributed by atoms with Crippen LogP contribution in [0.3, 0.4) is 0 Å². The lowest BCUT2D eigenvalue weighted by atomic mass is 10.1. The van der Waals surface area contributed by atoms with Gasteiger partial charge in [-0.1, -0.05) is 24.3 Å². The Morgan fingerprint density at radius 2 is 1.97 bits per heavy atom. The van der Waals surface area contributed by atoms with Gasteiger partial charge in [0.05, 0.1) is 18.4 Å². The summed E-state index contributed by atoms with van der Waals surface area (Å²) in [4.78, 5) is 27.2. The third-order valence-electron chi connectivity index (χ3n) is 5.02. The predicted octanol–water partition coefficient (Wildman–Crippen LogP) is 2.90. The Bertz CT molecular complexity index is 1310. The number of hydrogen-bond donors (Lipinski definition) is 2. The van der Waals surface area contributed by atoms with Crippen molar-refractivity contribution in [1.29, 1.82) is 0 Å². The number of hydrogen-bond acceptors (Lipinski definition) is 6. The molecule has 8 nitrogen and oxygen atoms in total. The average Bonchev–Trinajstić information content (AvgIpc) is 3.44. The van der Waals surface area contributed by atoms with Crippen LogP contribution in [0.15, 0.2) is 65.7 Å². The number of amides is 1. The number of carbonyl (C=O) groups excluding carboxylic acids is 1. The molecule has 1 atom stereocenters. The van der Waals surface area contributed by atoms with Gasteiger partial charge in [-0.25, -0.2) is 0 Å². The van der Waals surface area contributed by atoms with E-state index in [1.807, 2.05) is 32.2 Å². The number of nitrogens with zero attached hydrogens (tertiary/aromatic N) is 4. The van der Waals surface area contributed by atoms with E-state index in [1.165, 1.54) is 34.1 Å². The van der Waals surface area contributed by atoms with E-state index in [-0.39, 0.29) is 23.2 Å². The van der Waals surface area contributed by atoms with Gasteiger partial charge >= 0.3 is 0 Å². The molecule has 0 saturated carbocycles. The fourth-order valence-corrected chi connectivity index (χ4v) is 4.48. The highest BCUT2D eigenvalue weighted by molar-refractivity contribution is 7.15. The summed E-state index contributed by atoms with van der Waals surface area (Å²) in [6.07, 6.45) is 3.19. The minimum atomic E-state index is -0.347. The molecule has 0 saturated heterocycles. The SMILES string of the molecule is CNCc1ccccc1-c1ccc([C@@H](C)NC(=O)c2ccc(=O)n(-c3cnn(C)c3)n2)s1. The molecule has 4 aromatic rings. The fraction of sp³-hybridized carbons (Fsp3) is 0.217. The maximum absolute atomic E-state index is 12.8. The molecule has 0 bridgehead atoms. The molecule has 32 heavy (non-hydrogen) atoms. The van der Waals surface area contributed by atoms with E-state index >= 15 is 0 Å². The lowest BCUT2D eigenvalue weighted by Gasteiger charge is -2.12. The molecule has 0 aliphatic heterocycles. The standard InChI is InChI=1S/C23H24N6O2S/c1-15(20-9-10-21(32-20)18-7-5-4-6-16(18)12-24-2)26-23(31)19-8-11-22(30)29(27-19)17-13-25-28(3)14-17/h4-11,13-15,24H,12H2,1-3H3,(H,26,31)/t15-/m1/s1. The van der Waals surface area contributed by atoms with Crippen LogP contribution >= 0.6 is 11.3 Å². The Morgan fingerprint density at radius 3 is 2.72 bits per heavy atom. The van der Waals surface area contributed by atoms with Gasteiger partial charge in [-0.2, -0.15) is 14.9 Å². The quantitative estimate of drug-likeness (QED) is 0.453. The van der Waals surface area contributed by atoms with Gasteiger partial charge in [-0.3, -0.25) is 14.3 Å².